The lowest BCUT2D eigenvalue weighted by Crippen LogP contribution is -2.24. The van der Waals surface area contributed by atoms with Crippen molar-refractivity contribution in [1.29, 1.82) is 0 Å². The molecule has 0 bridgehead atoms. The summed E-state index contributed by atoms with van der Waals surface area (Å²) in [5.74, 6) is 0. The van der Waals surface area contributed by atoms with Crippen LogP contribution in [0.1, 0.15) is 27.2 Å². The molecule has 0 spiro atoms. The van der Waals surface area contributed by atoms with Crippen LogP contribution in [0.15, 0.2) is 170 Å². The van der Waals surface area contributed by atoms with Crippen LogP contribution in [0.25, 0.3) is 87.9 Å². The van der Waals surface area contributed by atoms with Crippen molar-refractivity contribution in [1.82, 2.24) is 4.57 Å². The van der Waals surface area contributed by atoms with Crippen molar-refractivity contribution in [2.24, 2.45) is 0 Å². The van der Waals surface area contributed by atoms with Gasteiger partial charge in [-0.25, -0.2) is 0 Å². The van der Waals surface area contributed by atoms with Gasteiger partial charge in [-0.05, 0) is 105 Å². The summed E-state index contributed by atoms with van der Waals surface area (Å²) in [6.07, 6.45) is 1.06. The van der Waals surface area contributed by atoms with E-state index in [2.05, 4.69) is 195 Å². The molecule has 0 unspecified atom stereocenters. The highest BCUT2D eigenvalue weighted by Gasteiger charge is 2.23. The molecule has 1 heteroatoms. The van der Waals surface area contributed by atoms with Crippen molar-refractivity contribution < 1.29 is 0 Å². The number of rotatable bonds is 6. The Hall–Kier alpha value is -5.92. The maximum Gasteiger partial charge on any atom is 0.0496 e. The zero-order chi connectivity index (χ0) is 33.8. The molecule has 0 atom stereocenters. The van der Waals surface area contributed by atoms with Gasteiger partial charge in [0.15, 0.2) is 0 Å². The first kappa shape index (κ1) is 30.2. The van der Waals surface area contributed by atoms with E-state index in [4.69, 9.17) is 0 Å². The third-order valence-corrected chi connectivity index (χ3v) is 10.9. The number of nitrogens with zero attached hydrogens (tertiary/aromatic N) is 1. The fraction of sp³-hybridized carbons (Fsp3) is 0.102. The van der Waals surface area contributed by atoms with Crippen molar-refractivity contribution in [3.05, 3.63) is 170 Å². The van der Waals surface area contributed by atoms with Gasteiger partial charge in [0.05, 0.1) is 0 Å². The molecule has 8 aromatic carbocycles. The molecule has 0 fully saturated rings. The second kappa shape index (κ2) is 11.9. The van der Waals surface area contributed by atoms with Crippen LogP contribution in [-0.2, 0) is 5.54 Å². The minimum absolute atomic E-state index is 0.0250. The van der Waals surface area contributed by atoms with E-state index in [1.54, 1.807) is 0 Å². The molecule has 0 aliphatic rings. The van der Waals surface area contributed by atoms with Crippen molar-refractivity contribution in [3.8, 4) is 44.5 Å². The summed E-state index contributed by atoms with van der Waals surface area (Å²) < 4.78 is 2.53. The number of hydrogen-bond acceptors (Lipinski definition) is 0. The van der Waals surface area contributed by atoms with Gasteiger partial charge in [-0.1, -0.05) is 159 Å². The first-order chi connectivity index (χ1) is 24.5. The Bertz CT molecular complexity index is 2620. The van der Waals surface area contributed by atoms with Gasteiger partial charge in [-0.15, -0.1) is 0 Å². The number of fused-ring (bicyclic) bond motifs is 5. The number of hydrogen-bond donors (Lipinski definition) is 0. The summed E-state index contributed by atoms with van der Waals surface area (Å²) in [4.78, 5) is 0. The first-order valence-electron chi connectivity index (χ1n) is 17.8. The minimum Gasteiger partial charge on any atom is -0.335 e. The molecule has 0 N–H and O–H groups in total. The lowest BCUT2D eigenvalue weighted by Gasteiger charge is -2.27. The normalized spacial score (nSPS) is 12.0. The van der Waals surface area contributed by atoms with E-state index in [9.17, 15) is 0 Å². The van der Waals surface area contributed by atoms with Crippen LogP contribution in [0.3, 0.4) is 0 Å². The lowest BCUT2D eigenvalue weighted by atomic mass is 9.85. The van der Waals surface area contributed by atoms with Gasteiger partial charge in [0.2, 0.25) is 0 Å². The van der Waals surface area contributed by atoms with Gasteiger partial charge >= 0.3 is 0 Å². The van der Waals surface area contributed by atoms with Gasteiger partial charge < -0.3 is 4.57 Å². The quantitative estimate of drug-likeness (QED) is 0.159. The summed E-state index contributed by atoms with van der Waals surface area (Å²) in [5.41, 5.74) is 12.6. The summed E-state index contributed by atoms with van der Waals surface area (Å²) in [5, 5.41) is 7.72. The van der Waals surface area contributed by atoms with E-state index >= 15 is 0 Å². The second-order valence-corrected chi connectivity index (χ2v) is 14.1. The van der Waals surface area contributed by atoms with Crippen molar-refractivity contribution >= 4 is 43.4 Å². The Labute approximate surface area is 294 Å². The number of benzene rings is 8. The van der Waals surface area contributed by atoms with Gasteiger partial charge in [0.25, 0.3) is 0 Å². The Balaban J connectivity index is 1.16. The summed E-state index contributed by atoms with van der Waals surface area (Å²) in [6, 6.07) is 62.5. The highest BCUT2D eigenvalue weighted by molar-refractivity contribution is 6.21. The van der Waals surface area contributed by atoms with Crippen molar-refractivity contribution in [3.63, 3.8) is 0 Å². The summed E-state index contributed by atoms with van der Waals surface area (Å²) >= 11 is 0. The molecule has 9 rings (SSSR count). The number of para-hydroxylation sites is 1. The Morgan fingerprint density at radius 3 is 1.26 bits per heavy atom. The van der Waals surface area contributed by atoms with Crippen molar-refractivity contribution in [2.45, 2.75) is 32.7 Å². The molecule has 1 heterocycles. The maximum atomic E-state index is 2.53. The molecule has 0 aliphatic heterocycles. The molecule has 50 heavy (non-hydrogen) atoms. The molecule has 240 valence electrons. The topological polar surface area (TPSA) is 4.93 Å². The van der Waals surface area contributed by atoms with E-state index in [1.165, 1.54) is 87.9 Å². The monoisotopic (exact) mass is 641 g/mol. The fourth-order valence-corrected chi connectivity index (χ4v) is 8.00. The van der Waals surface area contributed by atoms with Gasteiger partial charge in [-0.3, -0.25) is 0 Å². The average Bonchev–Trinajstić information content (AvgIpc) is 3.52. The SMILES string of the molecule is CCC(C)(C)n1c2ccccc2c2cc(-c3ccc(-c4c5ccccc5c(-c5ccc(-c6ccccc6)cc5)c5ccccc45)cc3)ccc21. The van der Waals surface area contributed by atoms with E-state index in [0.29, 0.717) is 0 Å². The fourth-order valence-electron chi connectivity index (χ4n) is 8.00. The second-order valence-electron chi connectivity index (χ2n) is 14.1. The molecule has 9 aromatic rings. The van der Waals surface area contributed by atoms with Crippen LogP contribution >= 0.6 is 0 Å². The minimum atomic E-state index is 0.0250. The van der Waals surface area contributed by atoms with Crippen LogP contribution in [0, 0.1) is 0 Å². The summed E-state index contributed by atoms with van der Waals surface area (Å²) in [7, 11) is 0. The number of aromatic nitrogens is 1. The van der Waals surface area contributed by atoms with Crippen LogP contribution in [0.5, 0.6) is 0 Å². The average molecular weight is 642 g/mol. The largest absolute Gasteiger partial charge is 0.335 e. The molecular formula is C49H39N. The van der Waals surface area contributed by atoms with Gasteiger partial charge in [0.1, 0.15) is 0 Å². The molecular weight excluding hydrogens is 603 g/mol. The Morgan fingerprint density at radius 1 is 0.360 bits per heavy atom. The van der Waals surface area contributed by atoms with Crippen LogP contribution in [0.2, 0.25) is 0 Å². The van der Waals surface area contributed by atoms with E-state index in [0.717, 1.165) is 6.42 Å². The highest BCUT2D eigenvalue weighted by Crippen LogP contribution is 2.44. The van der Waals surface area contributed by atoms with Gasteiger partial charge in [0, 0.05) is 27.3 Å². The van der Waals surface area contributed by atoms with Crippen molar-refractivity contribution in [2.75, 3.05) is 0 Å². The zero-order valence-corrected chi connectivity index (χ0v) is 28.8. The smallest absolute Gasteiger partial charge is 0.0496 e. The van der Waals surface area contributed by atoms with Gasteiger partial charge in [-0.2, -0.15) is 0 Å². The molecule has 0 amide bonds. The molecule has 1 aromatic heterocycles. The standard InChI is InChI=1S/C49H39N/c1-4-49(2,3)50-45-21-13-12-16-39(45)44-32-38(30-31-46(44)50)35-24-28-37(29-25-35)48-42-19-10-8-17-40(42)47(41-18-9-11-20-43(41)48)36-26-22-34(23-27-36)33-14-6-5-7-15-33/h5-32H,4H2,1-3H3. The predicted molar refractivity (Wildman–Crippen MR) is 216 cm³/mol. The third kappa shape index (κ3) is 4.84. The van der Waals surface area contributed by atoms with Crippen LogP contribution in [0.4, 0.5) is 0 Å². The summed E-state index contributed by atoms with van der Waals surface area (Å²) in [6.45, 7) is 6.96. The van der Waals surface area contributed by atoms with Crippen LogP contribution < -0.4 is 0 Å². The van der Waals surface area contributed by atoms with E-state index < -0.39 is 0 Å². The molecule has 1 nitrogen and oxygen atoms in total. The lowest BCUT2D eigenvalue weighted by molar-refractivity contribution is 0.364. The zero-order valence-electron chi connectivity index (χ0n) is 28.8. The molecule has 0 saturated carbocycles. The van der Waals surface area contributed by atoms with E-state index in [1.807, 2.05) is 0 Å². The molecule has 0 saturated heterocycles. The molecule has 0 aliphatic carbocycles. The first-order valence-corrected chi connectivity index (χ1v) is 17.8. The van der Waals surface area contributed by atoms with Crippen LogP contribution in [-0.4, -0.2) is 4.57 Å². The highest BCUT2D eigenvalue weighted by atomic mass is 15.1. The van der Waals surface area contributed by atoms with E-state index in [-0.39, 0.29) is 5.54 Å². The third-order valence-electron chi connectivity index (χ3n) is 10.9. The maximum absolute atomic E-state index is 2.53. The Kier molecular flexibility index (Phi) is 7.18. The Morgan fingerprint density at radius 2 is 0.740 bits per heavy atom. The molecule has 0 radical (unpaired) electrons. The predicted octanol–water partition coefficient (Wildman–Crippen LogP) is 13.9.